The fourth-order valence-electron chi connectivity index (χ4n) is 3.35. The number of rotatable bonds is 5. The molecule has 1 atom stereocenters. The number of hydrogen-bond acceptors (Lipinski definition) is 5. The third-order valence-corrected chi connectivity index (χ3v) is 4.54. The first-order chi connectivity index (χ1) is 13.8. The van der Waals surface area contributed by atoms with Gasteiger partial charge in [-0.25, -0.2) is 9.18 Å². The number of fused-ring (bicyclic) bond motifs is 1. The molecule has 2 aromatic carbocycles. The molecule has 1 aliphatic carbocycles. The van der Waals surface area contributed by atoms with Crippen molar-refractivity contribution in [2.24, 2.45) is 0 Å². The molecule has 2 aromatic rings. The van der Waals surface area contributed by atoms with Gasteiger partial charge in [-0.2, -0.15) is 4.39 Å². The van der Waals surface area contributed by atoms with E-state index in [2.05, 4.69) is 0 Å². The average molecular weight is 401 g/mol. The van der Waals surface area contributed by atoms with E-state index in [1.807, 2.05) is 0 Å². The largest absolute Gasteiger partial charge is 0.487 e. The van der Waals surface area contributed by atoms with Crippen LogP contribution in [-0.4, -0.2) is 24.5 Å². The number of nitrogens with two attached hydrogens (primary N) is 1. The molecule has 2 N–H and O–H groups in total. The summed E-state index contributed by atoms with van der Waals surface area (Å²) in [4.78, 5) is 25.4. The minimum atomic E-state index is -1.38. The van der Waals surface area contributed by atoms with E-state index in [1.165, 1.54) is 6.08 Å². The lowest BCUT2D eigenvalue weighted by atomic mass is 9.78. The molecule has 0 heterocycles. The van der Waals surface area contributed by atoms with E-state index in [9.17, 15) is 18.4 Å². The number of nitrogen functional groups attached to an aromatic ring is 1. The van der Waals surface area contributed by atoms with Crippen LogP contribution in [0, 0.1) is 11.6 Å². The van der Waals surface area contributed by atoms with E-state index in [0.717, 1.165) is 0 Å². The number of halogens is 2. The number of hydrogen-bond donors (Lipinski definition) is 1. The van der Waals surface area contributed by atoms with Crippen molar-refractivity contribution < 1.29 is 27.8 Å². The molecular formula is C22H21F2NO4. The van der Waals surface area contributed by atoms with Crippen molar-refractivity contribution in [3.8, 4) is 5.75 Å². The molecule has 0 radical (unpaired) electrons. The van der Waals surface area contributed by atoms with Crippen molar-refractivity contribution in [1.82, 2.24) is 0 Å². The molecule has 0 saturated carbocycles. The third-order valence-electron chi connectivity index (χ3n) is 4.54. The summed E-state index contributed by atoms with van der Waals surface area (Å²) in [5.41, 5.74) is 5.34. The number of benzene rings is 2. The van der Waals surface area contributed by atoms with Crippen molar-refractivity contribution in [2.75, 3.05) is 12.3 Å². The minimum absolute atomic E-state index is 0.0568. The Balaban J connectivity index is 2.36. The Morgan fingerprint density at radius 2 is 1.83 bits per heavy atom. The zero-order chi connectivity index (χ0) is 21.3. The summed E-state index contributed by atoms with van der Waals surface area (Å²) in [6, 6.07) is 8.81. The number of ketones is 1. The van der Waals surface area contributed by atoms with Gasteiger partial charge in [0.15, 0.2) is 11.6 Å². The third kappa shape index (κ3) is 3.60. The van der Waals surface area contributed by atoms with Gasteiger partial charge >= 0.3 is 5.97 Å². The van der Waals surface area contributed by atoms with Crippen LogP contribution < -0.4 is 10.5 Å². The fraction of sp³-hybridized carbons (Fsp3) is 0.273. The summed E-state index contributed by atoms with van der Waals surface area (Å²) in [6.07, 6.45) is 0.903. The summed E-state index contributed by atoms with van der Waals surface area (Å²) in [5, 5.41) is 0. The van der Waals surface area contributed by atoms with Crippen molar-refractivity contribution in [3.05, 3.63) is 70.3 Å². The molecule has 1 unspecified atom stereocenters. The van der Waals surface area contributed by atoms with E-state index in [-0.39, 0.29) is 29.1 Å². The summed E-state index contributed by atoms with van der Waals surface area (Å²) < 4.78 is 39.9. The highest BCUT2D eigenvalue weighted by molar-refractivity contribution is 6.27. The van der Waals surface area contributed by atoms with Gasteiger partial charge in [0.1, 0.15) is 5.57 Å². The zero-order valence-corrected chi connectivity index (χ0v) is 16.3. The molecule has 0 aromatic heterocycles. The van der Waals surface area contributed by atoms with Crippen LogP contribution in [0.4, 0.5) is 14.5 Å². The molecular weight excluding hydrogens is 380 g/mol. The Morgan fingerprint density at radius 1 is 1.17 bits per heavy atom. The van der Waals surface area contributed by atoms with Gasteiger partial charge in [-0.1, -0.05) is 36.4 Å². The van der Waals surface area contributed by atoms with E-state index >= 15 is 0 Å². The molecule has 1 aliphatic rings. The Hall–Kier alpha value is -3.22. The van der Waals surface area contributed by atoms with Gasteiger partial charge in [0.25, 0.3) is 0 Å². The molecule has 152 valence electrons. The molecule has 0 aliphatic heterocycles. The molecule has 7 heteroatoms. The minimum Gasteiger partial charge on any atom is -0.487 e. The molecule has 5 nitrogen and oxygen atoms in total. The van der Waals surface area contributed by atoms with Crippen LogP contribution in [0.3, 0.4) is 0 Å². The Labute approximate surface area is 167 Å². The van der Waals surface area contributed by atoms with Gasteiger partial charge in [-0.05, 0) is 26.3 Å². The molecule has 29 heavy (non-hydrogen) atoms. The number of allylic oxidation sites excluding steroid dienone is 1. The highest BCUT2D eigenvalue weighted by Crippen LogP contribution is 2.46. The molecule has 0 bridgehead atoms. The summed E-state index contributed by atoms with van der Waals surface area (Å²) in [5.74, 6) is -5.46. The number of carbonyl (C=O) groups excluding carboxylic acids is 2. The first kappa shape index (κ1) is 20.5. The lowest BCUT2D eigenvalue weighted by molar-refractivity contribution is -0.138. The van der Waals surface area contributed by atoms with Crippen LogP contribution in [-0.2, 0) is 9.53 Å². The van der Waals surface area contributed by atoms with Crippen molar-refractivity contribution in [2.45, 2.75) is 32.8 Å². The van der Waals surface area contributed by atoms with E-state index in [1.54, 1.807) is 51.1 Å². The van der Waals surface area contributed by atoms with Gasteiger partial charge in [-0.3, -0.25) is 4.79 Å². The van der Waals surface area contributed by atoms with Crippen molar-refractivity contribution in [1.29, 1.82) is 0 Å². The number of Topliss-reactive ketones (excluding diaryl/α,β-unsaturated/α-hetero) is 1. The number of ether oxygens (including phenoxy) is 2. The standard InChI is InChI=1S/C22H21F2NO4/c1-4-28-22(27)14-10-13(12-8-6-5-7-9-12)15-16(20(14)26)19(25)17(23)18(24)21(15)29-11(2)3/h5-11,13H,4,25H2,1-3H3. The van der Waals surface area contributed by atoms with E-state index < -0.39 is 41.1 Å². The van der Waals surface area contributed by atoms with Gasteiger partial charge in [0.05, 0.1) is 24.0 Å². The Bertz CT molecular complexity index is 1000. The molecule has 0 spiro atoms. The van der Waals surface area contributed by atoms with Crippen LogP contribution in [0.5, 0.6) is 5.75 Å². The average Bonchev–Trinajstić information content (AvgIpc) is 2.69. The highest BCUT2D eigenvalue weighted by Gasteiger charge is 2.39. The van der Waals surface area contributed by atoms with Crippen molar-refractivity contribution in [3.63, 3.8) is 0 Å². The fourth-order valence-corrected chi connectivity index (χ4v) is 3.35. The summed E-state index contributed by atoms with van der Waals surface area (Å²) in [6.45, 7) is 4.97. The van der Waals surface area contributed by atoms with Crippen LogP contribution in [0.15, 0.2) is 42.0 Å². The van der Waals surface area contributed by atoms with Gasteiger partial charge < -0.3 is 15.2 Å². The maximum absolute atomic E-state index is 14.8. The monoisotopic (exact) mass is 401 g/mol. The maximum Gasteiger partial charge on any atom is 0.341 e. The number of anilines is 1. The highest BCUT2D eigenvalue weighted by atomic mass is 19.2. The lowest BCUT2D eigenvalue weighted by Crippen LogP contribution is -2.27. The van der Waals surface area contributed by atoms with Gasteiger partial charge in [-0.15, -0.1) is 0 Å². The number of carbonyl (C=O) groups is 2. The first-order valence-corrected chi connectivity index (χ1v) is 9.23. The summed E-state index contributed by atoms with van der Waals surface area (Å²) in [7, 11) is 0. The molecule has 0 fully saturated rings. The first-order valence-electron chi connectivity index (χ1n) is 9.23. The van der Waals surface area contributed by atoms with Crippen LogP contribution in [0.2, 0.25) is 0 Å². The Kier molecular flexibility index (Phi) is 5.68. The van der Waals surface area contributed by atoms with Gasteiger partial charge in [0, 0.05) is 11.5 Å². The topological polar surface area (TPSA) is 78.6 Å². The molecule has 0 amide bonds. The summed E-state index contributed by atoms with van der Waals surface area (Å²) >= 11 is 0. The predicted molar refractivity (Wildman–Crippen MR) is 104 cm³/mol. The second-order valence-corrected chi connectivity index (χ2v) is 6.84. The quantitative estimate of drug-likeness (QED) is 0.463. The molecule has 0 saturated heterocycles. The van der Waals surface area contributed by atoms with Crippen molar-refractivity contribution >= 4 is 17.4 Å². The SMILES string of the molecule is CCOC(=O)C1=CC(c2ccccc2)c2c(OC(C)C)c(F)c(F)c(N)c2C1=O. The van der Waals surface area contributed by atoms with Crippen LogP contribution >= 0.6 is 0 Å². The predicted octanol–water partition coefficient (Wildman–Crippen LogP) is 4.15. The van der Waals surface area contributed by atoms with E-state index in [0.29, 0.717) is 5.56 Å². The van der Waals surface area contributed by atoms with Crippen LogP contribution in [0.1, 0.15) is 48.2 Å². The van der Waals surface area contributed by atoms with Gasteiger partial charge in [0.2, 0.25) is 11.6 Å². The zero-order valence-electron chi connectivity index (χ0n) is 16.3. The smallest absolute Gasteiger partial charge is 0.341 e. The normalized spacial score (nSPS) is 15.7. The lowest BCUT2D eigenvalue weighted by Gasteiger charge is -2.28. The number of esters is 1. The second-order valence-electron chi connectivity index (χ2n) is 6.84. The Morgan fingerprint density at radius 3 is 2.41 bits per heavy atom. The van der Waals surface area contributed by atoms with Crippen LogP contribution in [0.25, 0.3) is 0 Å². The second kappa shape index (κ2) is 8.03. The molecule has 3 rings (SSSR count). The maximum atomic E-state index is 14.8. The van der Waals surface area contributed by atoms with E-state index in [4.69, 9.17) is 15.2 Å².